The van der Waals surface area contributed by atoms with Crippen molar-refractivity contribution in [1.82, 2.24) is 0 Å². The molecule has 6 unspecified atom stereocenters. The van der Waals surface area contributed by atoms with Crippen molar-refractivity contribution >= 4 is 17.9 Å². The third-order valence-corrected chi connectivity index (χ3v) is 9.50. The normalized spacial score (nSPS) is 51.2. The molecule has 6 bridgehead atoms. The molecule has 7 rings (SSSR count). The van der Waals surface area contributed by atoms with E-state index in [1.165, 1.54) is 6.42 Å². The third kappa shape index (κ3) is 2.68. The summed E-state index contributed by atoms with van der Waals surface area (Å²) in [6, 6.07) is 0. The SMILES string of the molecule is CC(F)(F)C(=O)OC1C2CC3C1OC(=O)C3C2C(=O)OC1(C)C2CC3CC(C2)CC1C3. The second kappa shape index (κ2) is 6.19. The predicted molar refractivity (Wildman–Crippen MR) is 101 cm³/mol. The van der Waals surface area contributed by atoms with Crippen LogP contribution >= 0.6 is 0 Å². The number of hydrogen-bond donors (Lipinski definition) is 0. The van der Waals surface area contributed by atoms with Crippen LogP contribution < -0.4 is 0 Å². The molecule has 7 aliphatic rings. The number of ether oxygens (including phenoxy) is 3. The molecule has 6 atom stereocenters. The van der Waals surface area contributed by atoms with Crippen molar-refractivity contribution in [3.63, 3.8) is 0 Å². The lowest BCUT2D eigenvalue weighted by Gasteiger charge is -2.59. The standard InChI is InChI=1S/C23H28F2O6/c1-22(11-4-9-3-10(6-11)7-12(22)5-9)31-20(27)16-14-8-13-15(16)19(26)29-17(13)18(14)30-21(28)23(2,24)25/h9-18H,3-8H2,1-2H3. The van der Waals surface area contributed by atoms with Crippen molar-refractivity contribution in [2.24, 2.45) is 47.3 Å². The van der Waals surface area contributed by atoms with Gasteiger partial charge in [-0.2, -0.15) is 8.78 Å². The van der Waals surface area contributed by atoms with Gasteiger partial charge in [0.05, 0.1) is 11.8 Å². The second-order valence-electron chi connectivity index (χ2n) is 11.2. The van der Waals surface area contributed by atoms with Gasteiger partial charge in [-0.25, -0.2) is 4.79 Å². The summed E-state index contributed by atoms with van der Waals surface area (Å²) in [4.78, 5) is 37.8. The topological polar surface area (TPSA) is 78.9 Å². The second-order valence-corrected chi connectivity index (χ2v) is 11.2. The summed E-state index contributed by atoms with van der Waals surface area (Å²) < 4.78 is 43.6. The number of halogens is 2. The summed E-state index contributed by atoms with van der Waals surface area (Å²) in [7, 11) is 0. The first kappa shape index (κ1) is 19.9. The fourth-order valence-electron chi connectivity index (χ4n) is 8.27. The highest BCUT2D eigenvalue weighted by atomic mass is 19.3. The molecule has 170 valence electrons. The third-order valence-electron chi connectivity index (χ3n) is 9.50. The molecule has 7 fully saturated rings. The molecule has 0 aromatic rings. The van der Waals surface area contributed by atoms with Crippen LogP contribution in [0.15, 0.2) is 0 Å². The highest BCUT2D eigenvalue weighted by molar-refractivity contribution is 5.86. The zero-order chi connectivity index (χ0) is 21.9. The van der Waals surface area contributed by atoms with E-state index in [1.54, 1.807) is 0 Å². The molecule has 0 amide bonds. The quantitative estimate of drug-likeness (QED) is 0.496. The first-order chi connectivity index (χ1) is 14.6. The van der Waals surface area contributed by atoms with Gasteiger partial charge in [-0.1, -0.05) is 0 Å². The van der Waals surface area contributed by atoms with Crippen molar-refractivity contribution in [2.75, 3.05) is 0 Å². The minimum Gasteiger partial charge on any atom is -0.459 e. The Morgan fingerprint density at radius 3 is 2.23 bits per heavy atom. The molecule has 6 saturated carbocycles. The Morgan fingerprint density at radius 2 is 1.65 bits per heavy atom. The van der Waals surface area contributed by atoms with E-state index in [0.717, 1.165) is 37.5 Å². The maximum absolute atomic E-state index is 13.5. The number of esters is 3. The number of carbonyl (C=O) groups is 3. The van der Waals surface area contributed by atoms with Gasteiger partial charge in [-0.05, 0) is 69.1 Å². The lowest BCUT2D eigenvalue weighted by molar-refractivity contribution is -0.212. The smallest absolute Gasteiger partial charge is 0.377 e. The molecule has 0 spiro atoms. The van der Waals surface area contributed by atoms with Gasteiger partial charge in [0.1, 0.15) is 17.8 Å². The highest BCUT2D eigenvalue weighted by Crippen LogP contribution is 2.62. The number of alkyl halides is 2. The fourth-order valence-corrected chi connectivity index (χ4v) is 8.27. The molecule has 0 N–H and O–H groups in total. The van der Waals surface area contributed by atoms with Crippen molar-refractivity contribution in [2.45, 2.75) is 76.1 Å². The molecule has 6 nitrogen and oxygen atoms in total. The minimum atomic E-state index is -3.65. The van der Waals surface area contributed by atoms with Crippen LogP contribution in [-0.2, 0) is 28.6 Å². The van der Waals surface area contributed by atoms with Gasteiger partial charge in [0, 0.05) is 18.8 Å². The van der Waals surface area contributed by atoms with E-state index in [2.05, 4.69) is 0 Å². The number of rotatable bonds is 4. The Morgan fingerprint density at radius 1 is 1.03 bits per heavy atom. The zero-order valence-electron chi connectivity index (χ0n) is 17.7. The van der Waals surface area contributed by atoms with Gasteiger partial charge in [0.15, 0.2) is 0 Å². The largest absolute Gasteiger partial charge is 0.459 e. The molecular formula is C23H28F2O6. The first-order valence-corrected chi connectivity index (χ1v) is 11.6. The van der Waals surface area contributed by atoms with E-state index in [0.29, 0.717) is 25.2 Å². The van der Waals surface area contributed by atoms with Crippen molar-refractivity contribution in [3.05, 3.63) is 0 Å². The monoisotopic (exact) mass is 438 g/mol. The van der Waals surface area contributed by atoms with E-state index >= 15 is 0 Å². The highest BCUT2D eigenvalue weighted by Gasteiger charge is 2.71. The minimum absolute atomic E-state index is 0.287. The maximum atomic E-state index is 13.5. The maximum Gasteiger partial charge on any atom is 0.377 e. The van der Waals surface area contributed by atoms with Gasteiger partial charge in [-0.15, -0.1) is 0 Å². The van der Waals surface area contributed by atoms with Crippen LogP contribution in [0.3, 0.4) is 0 Å². The van der Waals surface area contributed by atoms with Gasteiger partial charge in [-0.3, -0.25) is 9.59 Å². The van der Waals surface area contributed by atoms with E-state index in [-0.39, 0.29) is 5.92 Å². The number of hydrogen-bond acceptors (Lipinski definition) is 6. The van der Waals surface area contributed by atoms with E-state index in [1.807, 2.05) is 6.92 Å². The predicted octanol–water partition coefficient (Wildman–Crippen LogP) is 3.12. The Balaban J connectivity index is 1.24. The van der Waals surface area contributed by atoms with Gasteiger partial charge in [0.2, 0.25) is 0 Å². The average Bonchev–Trinajstić information content (AvgIpc) is 3.28. The molecular weight excluding hydrogens is 410 g/mol. The molecule has 31 heavy (non-hydrogen) atoms. The molecule has 0 aromatic carbocycles. The van der Waals surface area contributed by atoms with Crippen LogP contribution in [0.5, 0.6) is 0 Å². The van der Waals surface area contributed by atoms with Crippen molar-refractivity contribution < 1.29 is 37.4 Å². The molecule has 8 heteroatoms. The lowest BCUT2D eigenvalue weighted by atomic mass is 9.50. The van der Waals surface area contributed by atoms with E-state index < -0.39 is 59.4 Å². The Labute approximate surface area is 179 Å². The number of fused-ring (bicyclic) bond motifs is 1. The van der Waals surface area contributed by atoms with E-state index in [9.17, 15) is 23.2 Å². The molecule has 0 aromatic heterocycles. The van der Waals surface area contributed by atoms with Gasteiger partial charge >= 0.3 is 23.8 Å². The summed E-state index contributed by atoms with van der Waals surface area (Å²) in [6.45, 7) is 2.51. The average molecular weight is 438 g/mol. The molecule has 1 heterocycles. The first-order valence-electron chi connectivity index (χ1n) is 11.6. The summed E-state index contributed by atoms with van der Waals surface area (Å²) in [5, 5.41) is 0. The summed E-state index contributed by atoms with van der Waals surface area (Å²) >= 11 is 0. The van der Waals surface area contributed by atoms with Gasteiger partial charge < -0.3 is 14.2 Å². The molecule has 0 radical (unpaired) electrons. The van der Waals surface area contributed by atoms with Crippen LogP contribution in [0.4, 0.5) is 8.78 Å². The molecule has 1 aliphatic heterocycles. The molecule has 1 saturated heterocycles. The lowest BCUT2D eigenvalue weighted by Crippen LogP contribution is -2.59. The Bertz CT molecular complexity index is 821. The Kier molecular flexibility index (Phi) is 3.98. The summed E-state index contributed by atoms with van der Waals surface area (Å²) in [6.07, 6.45) is 4.28. The Hall–Kier alpha value is -1.73. The van der Waals surface area contributed by atoms with Crippen molar-refractivity contribution in [1.29, 1.82) is 0 Å². The number of carbonyl (C=O) groups excluding carboxylic acids is 3. The summed E-state index contributed by atoms with van der Waals surface area (Å²) in [5.41, 5.74) is -0.545. The zero-order valence-corrected chi connectivity index (χ0v) is 17.7. The van der Waals surface area contributed by atoms with Crippen LogP contribution in [0.1, 0.15) is 52.4 Å². The van der Waals surface area contributed by atoms with Crippen LogP contribution in [0, 0.1) is 47.3 Å². The van der Waals surface area contributed by atoms with Gasteiger partial charge in [0.25, 0.3) is 0 Å². The van der Waals surface area contributed by atoms with Crippen molar-refractivity contribution in [3.8, 4) is 0 Å². The van der Waals surface area contributed by atoms with Crippen LogP contribution in [0.25, 0.3) is 0 Å². The fraction of sp³-hybridized carbons (Fsp3) is 0.870. The molecule has 6 aliphatic carbocycles. The van der Waals surface area contributed by atoms with E-state index in [4.69, 9.17) is 14.2 Å². The van der Waals surface area contributed by atoms with Crippen LogP contribution in [0.2, 0.25) is 0 Å². The summed E-state index contributed by atoms with van der Waals surface area (Å²) in [5.74, 6) is -6.36. The van der Waals surface area contributed by atoms with Crippen LogP contribution in [-0.4, -0.2) is 41.6 Å².